The predicted octanol–water partition coefficient (Wildman–Crippen LogP) is 5.21. The number of carbonyl (C=O) groups excluding carboxylic acids is 2. The number of nitrogens with one attached hydrogen (secondary N) is 1. The highest BCUT2D eigenvalue weighted by molar-refractivity contribution is 5.91. The Morgan fingerprint density at radius 2 is 1.92 bits per heavy atom. The first-order chi connectivity index (χ1) is 18.5. The number of nitrogens with zero attached hydrogens (tertiary/aromatic N) is 1. The third kappa shape index (κ3) is 5.78. The second kappa shape index (κ2) is 11.9. The third-order valence-electron chi connectivity index (χ3n) is 7.55. The summed E-state index contributed by atoms with van der Waals surface area (Å²) in [5.74, 6) is 1.63. The molecular weight excluding hydrogens is 480 g/mol. The molecule has 0 saturated heterocycles. The molecule has 38 heavy (non-hydrogen) atoms. The van der Waals surface area contributed by atoms with Crippen molar-refractivity contribution in [3.63, 3.8) is 0 Å². The fraction of sp³-hybridized carbons (Fsp3) is 0.419. The maximum absolute atomic E-state index is 13.7. The van der Waals surface area contributed by atoms with Crippen LogP contribution < -0.4 is 10.1 Å². The number of amides is 2. The zero-order valence-corrected chi connectivity index (χ0v) is 22.2. The van der Waals surface area contributed by atoms with Gasteiger partial charge in [0.15, 0.2) is 5.76 Å². The van der Waals surface area contributed by atoms with Crippen molar-refractivity contribution in [2.75, 3.05) is 26.8 Å². The Kier molecular flexibility index (Phi) is 8.13. The lowest BCUT2D eigenvalue weighted by Crippen LogP contribution is -2.43. The standard InChI is InChI=1S/C31H36N2O5/c1-21-6-5-9-24(18-21)29-27-19-25(37-20-26-12-13-28(38-26)30(34)32-15-17-36-2)11-10-22(27)14-16-33(29)31(35)23-7-3-4-8-23/h5-6,9-13,18-19,23,29H,3-4,7-8,14-17,20H2,1-2H3,(H,32,34). The molecule has 7 nitrogen and oxygen atoms in total. The summed E-state index contributed by atoms with van der Waals surface area (Å²) < 4.78 is 16.8. The van der Waals surface area contributed by atoms with Gasteiger partial charge in [-0.3, -0.25) is 9.59 Å². The molecular formula is C31H36N2O5. The molecule has 200 valence electrons. The van der Waals surface area contributed by atoms with Crippen LogP contribution in [0.2, 0.25) is 0 Å². The molecule has 1 aliphatic carbocycles. The highest BCUT2D eigenvalue weighted by Crippen LogP contribution is 2.40. The van der Waals surface area contributed by atoms with Gasteiger partial charge < -0.3 is 24.1 Å². The largest absolute Gasteiger partial charge is 0.486 e. The molecule has 1 aromatic heterocycles. The van der Waals surface area contributed by atoms with Gasteiger partial charge in [-0.25, -0.2) is 0 Å². The number of rotatable bonds is 9. The van der Waals surface area contributed by atoms with E-state index < -0.39 is 0 Å². The van der Waals surface area contributed by atoms with Crippen molar-refractivity contribution >= 4 is 11.8 Å². The van der Waals surface area contributed by atoms with E-state index in [2.05, 4.69) is 53.5 Å². The second-order valence-corrected chi connectivity index (χ2v) is 10.2. The van der Waals surface area contributed by atoms with Crippen molar-refractivity contribution < 1.29 is 23.5 Å². The molecule has 1 unspecified atom stereocenters. The van der Waals surface area contributed by atoms with Gasteiger partial charge in [0, 0.05) is 26.1 Å². The summed E-state index contributed by atoms with van der Waals surface area (Å²) in [5.41, 5.74) is 4.66. The maximum Gasteiger partial charge on any atom is 0.287 e. The molecule has 3 aromatic rings. The normalized spacial score (nSPS) is 17.3. The van der Waals surface area contributed by atoms with Gasteiger partial charge in [0.25, 0.3) is 5.91 Å². The highest BCUT2D eigenvalue weighted by Gasteiger charge is 2.36. The van der Waals surface area contributed by atoms with E-state index >= 15 is 0 Å². The number of hydrogen-bond donors (Lipinski definition) is 1. The Morgan fingerprint density at radius 3 is 2.71 bits per heavy atom. The van der Waals surface area contributed by atoms with Crippen LogP contribution >= 0.6 is 0 Å². The molecule has 0 radical (unpaired) electrons. The molecule has 2 aromatic carbocycles. The van der Waals surface area contributed by atoms with Crippen molar-refractivity contribution in [2.24, 2.45) is 5.92 Å². The number of aryl methyl sites for hydroxylation is 1. The smallest absolute Gasteiger partial charge is 0.287 e. The monoisotopic (exact) mass is 516 g/mol. The van der Waals surface area contributed by atoms with Crippen LogP contribution in [-0.4, -0.2) is 43.5 Å². The van der Waals surface area contributed by atoms with Crippen LogP contribution in [0.25, 0.3) is 0 Å². The van der Waals surface area contributed by atoms with E-state index in [1.54, 1.807) is 19.2 Å². The first kappa shape index (κ1) is 26.0. The van der Waals surface area contributed by atoms with Crippen molar-refractivity contribution in [1.82, 2.24) is 10.2 Å². The van der Waals surface area contributed by atoms with Gasteiger partial charge in [0.1, 0.15) is 18.1 Å². The Balaban J connectivity index is 1.36. The van der Waals surface area contributed by atoms with Gasteiger partial charge in [-0.1, -0.05) is 48.7 Å². The number of hydrogen-bond acceptors (Lipinski definition) is 5. The Labute approximate surface area is 224 Å². The summed E-state index contributed by atoms with van der Waals surface area (Å²) >= 11 is 0. The topological polar surface area (TPSA) is 81.0 Å². The Morgan fingerprint density at radius 1 is 1.08 bits per heavy atom. The maximum atomic E-state index is 13.7. The molecule has 1 fully saturated rings. The minimum Gasteiger partial charge on any atom is -0.486 e. The van der Waals surface area contributed by atoms with Gasteiger partial charge in [0.2, 0.25) is 5.91 Å². The fourth-order valence-corrected chi connectivity index (χ4v) is 5.61. The lowest BCUT2D eigenvalue weighted by atomic mass is 9.86. The molecule has 2 amide bonds. The second-order valence-electron chi connectivity index (χ2n) is 10.2. The molecule has 0 bridgehead atoms. The number of carbonyl (C=O) groups is 2. The van der Waals surface area contributed by atoms with Crippen LogP contribution in [0, 0.1) is 12.8 Å². The molecule has 1 N–H and O–H groups in total. The zero-order valence-electron chi connectivity index (χ0n) is 22.2. The van der Waals surface area contributed by atoms with E-state index in [1.165, 1.54) is 11.1 Å². The zero-order chi connectivity index (χ0) is 26.5. The number of fused-ring (bicyclic) bond motifs is 1. The lowest BCUT2D eigenvalue weighted by Gasteiger charge is -2.39. The first-order valence-electron chi connectivity index (χ1n) is 13.5. The van der Waals surface area contributed by atoms with Gasteiger partial charge >= 0.3 is 0 Å². The molecule has 0 spiro atoms. The number of ether oxygens (including phenoxy) is 2. The Hall–Kier alpha value is -3.58. The van der Waals surface area contributed by atoms with Crippen molar-refractivity contribution in [1.29, 1.82) is 0 Å². The molecule has 1 atom stereocenters. The average molecular weight is 517 g/mol. The molecule has 7 heteroatoms. The minimum atomic E-state index is -0.282. The van der Waals surface area contributed by atoms with E-state index in [4.69, 9.17) is 13.9 Å². The van der Waals surface area contributed by atoms with E-state index in [9.17, 15) is 9.59 Å². The molecule has 2 aliphatic rings. The quantitative estimate of drug-likeness (QED) is 0.395. The van der Waals surface area contributed by atoms with Crippen LogP contribution in [-0.2, 0) is 22.6 Å². The van der Waals surface area contributed by atoms with Crippen LogP contribution in [0.4, 0.5) is 0 Å². The van der Waals surface area contributed by atoms with E-state index in [1.807, 2.05) is 6.07 Å². The number of methoxy groups -OCH3 is 1. The average Bonchev–Trinajstić information content (AvgIpc) is 3.64. The third-order valence-corrected chi connectivity index (χ3v) is 7.55. The van der Waals surface area contributed by atoms with Crippen LogP contribution in [0.15, 0.2) is 59.0 Å². The Bertz CT molecular complexity index is 1280. The highest BCUT2D eigenvalue weighted by atomic mass is 16.5. The summed E-state index contributed by atoms with van der Waals surface area (Å²) in [6.07, 6.45) is 5.08. The van der Waals surface area contributed by atoms with Gasteiger partial charge in [-0.2, -0.15) is 0 Å². The summed E-state index contributed by atoms with van der Waals surface area (Å²) in [6, 6.07) is 17.9. The van der Waals surface area contributed by atoms with Gasteiger partial charge in [-0.05, 0) is 67.1 Å². The van der Waals surface area contributed by atoms with E-state index in [0.29, 0.717) is 24.7 Å². The van der Waals surface area contributed by atoms with Crippen molar-refractivity contribution in [3.05, 3.63) is 88.4 Å². The first-order valence-corrected chi connectivity index (χ1v) is 13.5. The summed E-state index contributed by atoms with van der Waals surface area (Å²) in [7, 11) is 1.59. The fourth-order valence-electron chi connectivity index (χ4n) is 5.61. The SMILES string of the molecule is COCCNC(=O)c1ccc(COc2ccc3c(c2)C(c2cccc(C)c2)N(C(=O)C2CCCC2)CC3)o1. The summed E-state index contributed by atoms with van der Waals surface area (Å²) in [5, 5.41) is 2.75. The summed E-state index contributed by atoms with van der Waals surface area (Å²) in [4.78, 5) is 28.0. The summed E-state index contributed by atoms with van der Waals surface area (Å²) in [6.45, 7) is 3.87. The number of furan rings is 1. The van der Waals surface area contributed by atoms with Gasteiger partial charge in [0.05, 0.1) is 12.6 Å². The van der Waals surface area contributed by atoms with Crippen molar-refractivity contribution in [3.8, 4) is 5.75 Å². The van der Waals surface area contributed by atoms with Crippen LogP contribution in [0.3, 0.4) is 0 Å². The predicted molar refractivity (Wildman–Crippen MR) is 144 cm³/mol. The van der Waals surface area contributed by atoms with E-state index in [0.717, 1.165) is 49.8 Å². The molecule has 1 saturated carbocycles. The lowest BCUT2D eigenvalue weighted by molar-refractivity contribution is -0.137. The number of benzene rings is 2. The molecule has 5 rings (SSSR count). The van der Waals surface area contributed by atoms with E-state index in [-0.39, 0.29) is 36.1 Å². The van der Waals surface area contributed by atoms with Crippen LogP contribution in [0.5, 0.6) is 5.75 Å². The molecule has 2 heterocycles. The van der Waals surface area contributed by atoms with Gasteiger partial charge in [-0.15, -0.1) is 0 Å². The van der Waals surface area contributed by atoms with Crippen molar-refractivity contribution in [2.45, 2.75) is 51.7 Å². The van der Waals surface area contributed by atoms with Crippen LogP contribution in [0.1, 0.15) is 70.3 Å². The minimum absolute atomic E-state index is 0.128. The molecule has 1 aliphatic heterocycles.